The van der Waals surface area contributed by atoms with Crippen molar-refractivity contribution in [3.05, 3.63) is 53.8 Å². The molecule has 1 atom stereocenters. The summed E-state index contributed by atoms with van der Waals surface area (Å²) < 4.78 is 5.39. The van der Waals surface area contributed by atoms with Gasteiger partial charge in [0.25, 0.3) is 0 Å². The Morgan fingerprint density at radius 1 is 1.19 bits per heavy atom. The highest BCUT2D eigenvalue weighted by molar-refractivity contribution is 5.57. The predicted molar refractivity (Wildman–Crippen MR) is 76.6 cm³/mol. The van der Waals surface area contributed by atoms with Gasteiger partial charge >= 0.3 is 0 Å². The molecule has 0 fully saturated rings. The Morgan fingerprint density at radius 3 is 2.95 bits per heavy atom. The van der Waals surface area contributed by atoms with Crippen LogP contribution in [0.4, 0.5) is 5.69 Å². The molecule has 0 amide bonds. The zero-order valence-corrected chi connectivity index (χ0v) is 11.4. The molecule has 0 aliphatic carbocycles. The van der Waals surface area contributed by atoms with Crippen LogP contribution < -0.4 is 5.32 Å². The van der Waals surface area contributed by atoms with Crippen molar-refractivity contribution in [1.29, 1.82) is 0 Å². The third-order valence-electron chi connectivity index (χ3n) is 3.52. The van der Waals surface area contributed by atoms with Crippen LogP contribution in [0.1, 0.15) is 23.3 Å². The quantitative estimate of drug-likeness (QED) is 0.776. The van der Waals surface area contributed by atoms with Crippen LogP contribution in [-0.2, 0) is 6.42 Å². The van der Waals surface area contributed by atoms with Gasteiger partial charge in [0.15, 0.2) is 0 Å². The monoisotopic (exact) mass is 279 g/mol. The van der Waals surface area contributed by atoms with Crippen molar-refractivity contribution < 1.29 is 4.52 Å². The molecule has 0 saturated heterocycles. The molecular formula is C15H13N5O. The van der Waals surface area contributed by atoms with Crippen LogP contribution in [0.5, 0.6) is 0 Å². The van der Waals surface area contributed by atoms with Gasteiger partial charge in [-0.2, -0.15) is 4.98 Å². The molecule has 104 valence electrons. The lowest BCUT2D eigenvalue weighted by atomic mass is 10.1. The lowest BCUT2D eigenvalue weighted by molar-refractivity contribution is 0.364. The normalized spacial score (nSPS) is 16.5. The van der Waals surface area contributed by atoms with E-state index >= 15 is 0 Å². The van der Waals surface area contributed by atoms with Crippen LogP contribution in [0, 0.1) is 6.92 Å². The van der Waals surface area contributed by atoms with Crippen molar-refractivity contribution in [2.45, 2.75) is 19.4 Å². The minimum Gasteiger partial charge on any atom is -0.373 e. The van der Waals surface area contributed by atoms with E-state index in [1.54, 1.807) is 12.3 Å². The minimum absolute atomic E-state index is 0.0200. The van der Waals surface area contributed by atoms with Crippen molar-refractivity contribution in [2.24, 2.45) is 0 Å². The van der Waals surface area contributed by atoms with Crippen LogP contribution in [-0.4, -0.2) is 20.1 Å². The van der Waals surface area contributed by atoms with E-state index in [0.29, 0.717) is 23.2 Å². The third kappa shape index (κ3) is 2.14. The second kappa shape index (κ2) is 4.66. The number of hydrogen-bond acceptors (Lipinski definition) is 6. The Kier molecular flexibility index (Phi) is 2.67. The lowest BCUT2D eigenvalue weighted by Crippen LogP contribution is -2.06. The maximum absolute atomic E-state index is 5.39. The highest BCUT2D eigenvalue weighted by Crippen LogP contribution is 2.33. The Morgan fingerprint density at radius 2 is 2.10 bits per heavy atom. The number of benzene rings is 1. The fourth-order valence-corrected chi connectivity index (χ4v) is 2.51. The molecule has 2 aromatic heterocycles. The summed E-state index contributed by atoms with van der Waals surface area (Å²) in [6.45, 7) is 1.83. The number of anilines is 1. The largest absolute Gasteiger partial charge is 0.373 e. The summed E-state index contributed by atoms with van der Waals surface area (Å²) in [6.07, 6.45) is 2.54. The van der Waals surface area contributed by atoms with E-state index in [1.807, 2.05) is 19.1 Å². The molecule has 6 heteroatoms. The van der Waals surface area contributed by atoms with Gasteiger partial charge < -0.3 is 9.84 Å². The molecule has 21 heavy (non-hydrogen) atoms. The smallest absolute Gasteiger partial charge is 0.249 e. The fourth-order valence-electron chi connectivity index (χ4n) is 2.51. The number of fused-ring (bicyclic) bond motifs is 1. The summed E-state index contributed by atoms with van der Waals surface area (Å²) in [5.74, 6) is 1.76. The average Bonchev–Trinajstić information content (AvgIpc) is 3.14. The van der Waals surface area contributed by atoms with E-state index in [0.717, 1.165) is 12.1 Å². The number of nitrogens with one attached hydrogen (secondary N) is 1. The molecule has 0 bridgehead atoms. The molecule has 1 aliphatic rings. The molecule has 6 nitrogen and oxygen atoms in total. The van der Waals surface area contributed by atoms with E-state index in [-0.39, 0.29) is 6.04 Å². The summed E-state index contributed by atoms with van der Waals surface area (Å²) in [5, 5.41) is 7.42. The molecule has 0 spiro atoms. The van der Waals surface area contributed by atoms with E-state index in [9.17, 15) is 0 Å². The molecule has 4 rings (SSSR count). The first-order valence-corrected chi connectivity index (χ1v) is 6.78. The van der Waals surface area contributed by atoms with Crippen LogP contribution in [0.25, 0.3) is 11.5 Å². The number of nitrogens with zero attached hydrogens (tertiary/aromatic N) is 4. The summed E-state index contributed by atoms with van der Waals surface area (Å²) >= 11 is 0. The molecule has 1 aliphatic heterocycles. The van der Waals surface area contributed by atoms with Crippen molar-refractivity contribution in [1.82, 2.24) is 20.1 Å². The van der Waals surface area contributed by atoms with Crippen LogP contribution in [0.2, 0.25) is 0 Å². The third-order valence-corrected chi connectivity index (χ3v) is 3.52. The second-order valence-corrected chi connectivity index (χ2v) is 5.00. The molecule has 0 saturated carbocycles. The van der Waals surface area contributed by atoms with Gasteiger partial charge in [0.05, 0.1) is 0 Å². The SMILES string of the molecule is Cc1nccc(-c2noc(C3Cc4ccccc4N3)n2)n1. The predicted octanol–water partition coefficient (Wildman–Crippen LogP) is 2.54. The minimum atomic E-state index is 0.0200. The molecule has 3 heterocycles. The van der Waals surface area contributed by atoms with Gasteiger partial charge in [0.2, 0.25) is 11.7 Å². The fraction of sp³-hybridized carbons (Fsp3) is 0.200. The van der Waals surface area contributed by atoms with E-state index < -0.39 is 0 Å². The van der Waals surface area contributed by atoms with Gasteiger partial charge in [0.1, 0.15) is 17.6 Å². The standard InChI is InChI=1S/C15H13N5O/c1-9-16-7-6-12(17-9)14-19-15(21-20-14)13-8-10-4-2-3-5-11(10)18-13/h2-7,13,18H,8H2,1H3. The average molecular weight is 279 g/mol. The molecular weight excluding hydrogens is 266 g/mol. The molecule has 3 aromatic rings. The second-order valence-electron chi connectivity index (χ2n) is 5.00. The van der Waals surface area contributed by atoms with E-state index in [1.165, 1.54) is 5.56 Å². The van der Waals surface area contributed by atoms with Gasteiger partial charge in [-0.1, -0.05) is 23.4 Å². The van der Waals surface area contributed by atoms with E-state index in [2.05, 4.69) is 37.6 Å². The van der Waals surface area contributed by atoms with Crippen LogP contribution >= 0.6 is 0 Å². The van der Waals surface area contributed by atoms with E-state index in [4.69, 9.17) is 4.52 Å². The first kappa shape index (κ1) is 12.0. The topological polar surface area (TPSA) is 76.7 Å². The Balaban J connectivity index is 1.62. The summed E-state index contributed by atoms with van der Waals surface area (Å²) in [6, 6.07) is 10.0. The van der Waals surface area contributed by atoms with Gasteiger partial charge in [-0.25, -0.2) is 9.97 Å². The zero-order chi connectivity index (χ0) is 14.2. The van der Waals surface area contributed by atoms with Gasteiger partial charge in [0, 0.05) is 18.3 Å². The highest BCUT2D eigenvalue weighted by Gasteiger charge is 2.26. The number of hydrogen-bond donors (Lipinski definition) is 1. The molecule has 1 unspecified atom stereocenters. The molecule has 1 aromatic carbocycles. The van der Waals surface area contributed by atoms with Gasteiger partial charge in [-0.15, -0.1) is 0 Å². The maximum atomic E-state index is 5.39. The first-order valence-electron chi connectivity index (χ1n) is 6.78. The summed E-state index contributed by atoms with van der Waals surface area (Å²) in [7, 11) is 0. The van der Waals surface area contributed by atoms with Crippen molar-refractivity contribution in [3.63, 3.8) is 0 Å². The Labute approximate surface area is 121 Å². The first-order chi connectivity index (χ1) is 10.3. The van der Waals surface area contributed by atoms with Crippen LogP contribution in [0.15, 0.2) is 41.1 Å². The van der Waals surface area contributed by atoms with Gasteiger partial charge in [-0.05, 0) is 24.6 Å². The summed E-state index contributed by atoms with van der Waals surface area (Å²) in [5.41, 5.74) is 3.06. The van der Waals surface area contributed by atoms with Crippen molar-refractivity contribution in [3.8, 4) is 11.5 Å². The highest BCUT2D eigenvalue weighted by atomic mass is 16.5. The zero-order valence-electron chi connectivity index (χ0n) is 11.4. The van der Waals surface area contributed by atoms with Crippen molar-refractivity contribution in [2.75, 3.05) is 5.32 Å². The van der Waals surface area contributed by atoms with Crippen LogP contribution in [0.3, 0.4) is 0 Å². The maximum Gasteiger partial charge on any atom is 0.249 e. The molecule has 1 N–H and O–H groups in total. The van der Waals surface area contributed by atoms with Crippen molar-refractivity contribution >= 4 is 5.69 Å². The molecule has 0 radical (unpaired) electrons. The number of aromatic nitrogens is 4. The number of aryl methyl sites for hydroxylation is 1. The Bertz CT molecular complexity index is 773. The number of para-hydroxylation sites is 1. The van der Waals surface area contributed by atoms with Gasteiger partial charge in [-0.3, -0.25) is 0 Å². The summed E-state index contributed by atoms with van der Waals surface area (Å²) in [4.78, 5) is 12.8. The Hall–Kier alpha value is -2.76. The lowest BCUT2D eigenvalue weighted by Gasteiger charge is -2.04. The number of rotatable bonds is 2.